The molecule has 0 radical (unpaired) electrons. The minimum atomic E-state index is -0.893. The smallest absolute Gasteiger partial charge is 0.329 e. The Morgan fingerprint density at radius 2 is 1.86 bits per heavy atom. The van der Waals surface area contributed by atoms with Gasteiger partial charge in [0.2, 0.25) is 11.8 Å². The quantitative estimate of drug-likeness (QED) is 0.521. The zero-order valence-electron chi connectivity index (χ0n) is 22.1. The van der Waals surface area contributed by atoms with Crippen molar-refractivity contribution in [3.8, 4) is 0 Å². The largest absolute Gasteiger partial charge is 0.464 e. The predicted octanol–water partition coefficient (Wildman–Crippen LogP) is 1.95. The van der Waals surface area contributed by atoms with E-state index in [1.807, 2.05) is 34.6 Å². The summed E-state index contributed by atoms with van der Waals surface area (Å²) in [6, 6.07) is -2.42. The summed E-state index contributed by atoms with van der Waals surface area (Å²) >= 11 is 0. The summed E-state index contributed by atoms with van der Waals surface area (Å²) in [5.74, 6) is -1.58. The average Bonchev–Trinajstić information content (AvgIpc) is 3.41. The molecular formula is C26H39N5O5. The Morgan fingerprint density at radius 1 is 1.14 bits per heavy atom. The lowest BCUT2D eigenvalue weighted by atomic mass is 9.85. The van der Waals surface area contributed by atoms with Crippen molar-refractivity contribution in [2.45, 2.75) is 78.9 Å². The van der Waals surface area contributed by atoms with Gasteiger partial charge in [-0.25, -0.2) is 9.78 Å². The minimum absolute atomic E-state index is 0.0824. The number of ether oxygens (including phenoxy) is 1. The van der Waals surface area contributed by atoms with E-state index in [4.69, 9.17) is 4.74 Å². The lowest BCUT2D eigenvalue weighted by Crippen LogP contribution is -2.61. The first-order valence-corrected chi connectivity index (χ1v) is 12.8. The van der Waals surface area contributed by atoms with Crippen LogP contribution in [0.15, 0.2) is 18.6 Å². The van der Waals surface area contributed by atoms with Crippen molar-refractivity contribution in [3.05, 3.63) is 24.3 Å². The second-order valence-electron chi connectivity index (χ2n) is 11.1. The number of aromatic nitrogens is 2. The zero-order valence-corrected chi connectivity index (χ0v) is 22.1. The topological polar surface area (TPSA) is 131 Å². The van der Waals surface area contributed by atoms with Crippen LogP contribution in [0.3, 0.4) is 0 Å². The second-order valence-corrected chi connectivity index (χ2v) is 11.1. The second kappa shape index (κ2) is 11.3. The third-order valence-corrected chi connectivity index (χ3v) is 7.13. The number of likely N-dealkylation sites (tertiary alicyclic amines) is 1. The molecule has 1 aromatic rings. The number of carbonyl (C=O) groups is 4. The monoisotopic (exact) mass is 501 g/mol. The Labute approximate surface area is 213 Å². The number of fused-ring (bicyclic) bond motifs is 1. The summed E-state index contributed by atoms with van der Waals surface area (Å²) in [6.45, 7) is 11.7. The van der Waals surface area contributed by atoms with E-state index < -0.39 is 35.4 Å². The maximum Gasteiger partial charge on any atom is 0.329 e. The third kappa shape index (κ3) is 6.02. The normalized spacial score (nSPS) is 23.1. The van der Waals surface area contributed by atoms with Gasteiger partial charge < -0.3 is 20.3 Å². The fraction of sp³-hybridized carbons (Fsp3) is 0.692. The van der Waals surface area contributed by atoms with Crippen molar-refractivity contribution in [2.75, 3.05) is 13.2 Å². The fourth-order valence-corrected chi connectivity index (χ4v) is 5.27. The van der Waals surface area contributed by atoms with Gasteiger partial charge in [0, 0.05) is 18.9 Å². The molecule has 1 saturated carbocycles. The molecule has 1 aromatic heterocycles. The summed E-state index contributed by atoms with van der Waals surface area (Å²) in [7, 11) is 0. The standard InChI is InChI=1S/C26H39N5O5/c1-7-36-25(35)20-17-10-8-9-16(17)14-31(20)24(34)21(26(4,5)6)30-23(33)19(15(2)3)29-22(32)18-13-27-11-12-28-18/h11-13,15-17,19-21H,7-10,14H2,1-6H3,(H,29,32)(H,30,33)/t16-,17-,19-,20?,21+/m0/s1. The molecule has 0 bridgehead atoms. The summed E-state index contributed by atoms with van der Waals surface area (Å²) < 4.78 is 5.34. The van der Waals surface area contributed by atoms with Gasteiger partial charge in [0.15, 0.2) is 0 Å². The molecule has 2 heterocycles. The van der Waals surface area contributed by atoms with Gasteiger partial charge in [0.25, 0.3) is 5.91 Å². The maximum atomic E-state index is 13.9. The number of amides is 3. The van der Waals surface area contributed by atoms with Gasteiger partial charge in [-0.2, -0.15) is 0 Å². The van der Waals surface area contributed by atoms with E-state index in [2.05, 4.69) is 20.6 Å². The molecule has 2 aliphatic rings. The Hall–Kier alpha value is -3.04. The molecule has 2 fully saturated rings. The van der Waals surface area contributed by atoms with E-state index >= 15 is 0 Å². The van der Waals surface area contributed by atoms with Gasteiger partial charge in [0.1, 0.15) is 23.8 Å². The average molecular weight is 502 g/mol. The zero-order chi connectivity index (χ0) is 26.6. The summed E-state index contributed by atoms with van der Waals surface area (Å²) in [5, 5.41) is 5.62. The predicted molar refractivity (Wildman–Crippen MR) is 132 cm³/mol. The van der Waals surface area contributed by atoms with Crippen LogP contribution in [-0.2, 0) is 19.1 Å². The minimum Gasteiger partial charge on any atom is -0.464 e. The molecule has 3 rings (SSSR count). The van der Waals surface area contributed by atoms with Crippen LogP contribution in [0.4, 0.5) is 0 Å². The molecule has 0 spiro atoms. The highest BCUT2D eigenvalue weighted by Crippen LogP contribution is 2.43. The molecule has 2 N–H and O–H groups in total. The van der Waals surface area contributed by atoms with E-state index in [0.717, 1.165) is 19.3 Å². The van der Waals surface area contributed by atoms with E-state index in [1.54, 1.807) is 11.8 Å². The maximum absolute atomic E-state index is 13.9. The van der Waals surface area contributed by atoms with E-state index in [0.29, 0.717) is 6.54 Å². The molecular weight excluding hydrogens is 462 g/mol. The van der Waals surface area contributed by atoms with E-state index in [9.17, 15) is 19.2 Å². The van der Waals surface area contributed by atoms with E-state index in [1.165, 1.54) is 18.6 Å². The number of nitrogens with one attached hydrogen (secondary N) is 2. The van der Waals surface area contributed by atoms with Crippen LogP contribution in [0.5, 0.6) is 0 Å². The first-order chi connectivity index (χ1) is 17.0. The van der Waals surface area contributed by atoms with Gasteiger partial charge in [-0.05, 0) is 42.9 Å². The Morgan fingerprint density at radius 3 is 2.44 bits per heavy atom. The number of hydrogen-bond donors (Lipinski definition) is 2. The van der Waals surface area contributed by atoms with Gasteiger partial charge in [0.05, 0.1) is 12.8 Å². The van der Waals surface area contributed by atoms with Crippen molar-refractivity contribution in [3.63, 3.8) is 0 Å². The number of carbonyl (C=O) groups excluding carboxylic acids is 4. The van der Waals surface area contributed by atoms with Gasteiger partial charge in [-0.3, -0.25) is 19.4 Å². The highest BCUT2D eigenvalue weighted by Gasteiger charge is 2.52. The Bertz CT molecular complexity index is 961. The number of nitrogens with zero attached hydrogens (tertiary/aromatic N) is 3. The number of hydrogen-bond acceptors (Lipinski definition) is 7. The molecule has 1 aliphatic carbocycles. The fourth-order valence-electron chi connectivity index (χ4n) is 5.27. The highest BCUT2D eigenvalue weighted by atomic mass is 16.5. The Balaban J connectivity index is 1.81. The van der Waals surface area contributed by atoms with Crippen LogP contribution in [0.2, 0.25) is 0 Å². The van der Waals surface area contributed by atoms with Crippen LogP contribution < -0.4 is 10.6 Å². The van der Waals surface area contributed by atoms with Crippen molar-refractivity contribution >= 4 is 23.7 Å². The van der Waals surface area contributed by atoms with Crippen LogP contribution in [-0.4, -0.2) is 69.8 Å². The van der Waals surface area contributed by atoms with E-state index in [-0.39, 0.29) is 41.9 Å². The molecule has 1 unspecified atom stereocenters. The Kier molecular flexibility index (Phi) is 8.68. The molecule has 36 heavy (non-hydrogen) atoms. The number of rotatable bonds is 8. The molecule has 10 nitrogen and oxygen atoms in total. The number of esters is 1. The van der Waals surface area contributed by atoms with Crippen molar-refractivity contribution < 1.29 is 23.9 Å². The first kappa shape index (κ1) is 27.5. The van der Waals surface area contributed by atoms with Crippen LogP contribution in [0, 0.1) is 23.2 Å². The SMILES string of the molecule is CCOC(=O)C1[C@H]2CCC[C@H]2CN1C(=O)[C@@H](NC(=O)[C@@H](NC(=O)c1cnccn1)C(C)C)C(C)(C)C. The van der Waals surface area contributed by atoms with Gasteiger partial charge in [-0.15, -0.1) is 0 Å². The summed E-state index contributed by atoms with van der Waals surface area (Å²) in [5.41, 5.74) is -0.541. The molecule has 1 aliphatic heterocycles. The summed E-state index contributed by atoms with van der Waals surface area (Å²) in [4.78, 5) is 62.4. The van der Waals surface area contributed by atoms with Crippen LogP contribution in [0.1, 0.15) is 71.3 Å². The van der Waals surface area contributed by atoms with Crippen molar-refractivity contribution in [2.24, 2.45) is 23.2 Å². The summed E-state index contributed by atoms with van der Waals surface area (Å²) in [6.07, 6.45) is 7.08. The molecule has 5 atom stereocenters. The molecule has 10 heteroatoms. The molecule has 198 valence electrons. The van der Waals surface area contributed by atoms with Crippen LogP contribution in [0.25, 0.3) is 0 Å². The molecule has 1 saturated heterocycles. The lowest BCUT2D eigenvalue weighted by Gasteiger charge is -2.37. The molecule has 0 aromatic carbocycles. The molecule has 3 amide bonds. The lowest BCUT2D eigenvalue weighted by molar-refractivity contribution is -0.156. The van der Waals surface area contributed by atoms with Crippen molar-refractivity contribution in [1.82, 2.24) is 25.5 Å². The third-order valence-electron chi connectivity index (χ3n) is 7.13. The first-order valence-electron chi connectivity index (χ1n) is 12.8. The van der Waals surface area contributed by atoms with Crippen molar-refractivity contribution in [1.29, 1.82) is 0 Å². The van der Waals surface area contributed by atoms with Crippen LogP contribution >= 0.6 is 0 Å². The van der Waals surface area contributed by atoms with Gasteiger partial charge >= 0.3 is 5.97 Å². The van der Waals surface area contributed by atoms with Gasteiger partial charge in [-0.1, -0.05) is 41.0 Å². The highest BCUT2D eigenvalue weighted by molar-refractivity contribution is 5.97.